The zero-order chi connectivity index (χ0) is 17.5. The van der Waals surface area contributed by atoms with Gasteiger partial charge in [0.25, 0.3) is 0 Å². The monoisotopic (exact) mass is 323 g/mol. The maximum Gasteiger partial charge on any atom is 0.225 e. The second-order valence-electron chi connectivity index (χ2n) is 6.40. The van der Waals surface area contributed by atoms with Crippen LogP contribution < -0.4 is 10.6 Å². The van der Waals surface area contributed by atoms with Crippen molar-refractivity contribution in [1.29, 1.82) is 0 Å². The number of carbonyl (C=O) groups is 1. The van der Waals surface area contributed by atoms with Gasteiger partial charge in [0.1, 0.15) is 12.2 Å². The Morgan fingerprint density at radius 2 is 2.09 bits per heavy atom. The molecule has 0 aliphatic heterocycles. The van der Waals surface area contributed by atoms with Gasteiger partial charge in [0.05, 0.1) is 13.1 Å². The van der Waals surface area contributed by atoms with E-state index < -0.39 is 0 Å². The van der Waals surface area contributed by atoms with Crippen LogP contribution in [0.3, 0.4) is 0 Å². The maximum atomic E-state index is 11.8. The molecule has 0 aliphatic rings. The molecule has 0 bridgehead atoms. The van der Waals surface area contributed by atoms with Crippen LogP contribution in [0.15, 0.2) is 11.3 Å². The molecule has 23 heavy (non-hydrogen) atoms. The Morgan fingerprint density at radius 3 is 2.61 bits per heavy atom. The van der Waals surface area contributed by atoms with Crippen molar-refractivity contribution in [3.63, 3.8) is 0 Å². The summed E-state index contributed by atoms with van der Waals surface area (Å²) in [6.07, 6.45) is 1.54. The second kappa shape index (κ2) is 8.50. The van der Waals surface area contributed by atoms with E-state index in [1.165, 1.54) is 6.33 Å². The Morgan fingerprint density at radius 1 is 1.39 bits per heavy atom. The molecule has 8 nitrogen and oxygen atoms in total. The smallest absolute Gasteiger partial charge is 0.225 e. The SMILES string of the molecule is CCNC(=NCCNC(=O)C(C)(C)C)N(C)Cc1ncnn1C. The van der Waals surface area contributed by atoms with E-state index in [1.54, 1.807) is 4.68 Å². The molecule has 1 aromatic heterocycles. The van der Waals surface area contributed by atoms with Crippen molar-refractivity contribution in [3.05, 3.63) is 12.2 Å². The highest BCUT2D eigenvalue weighted by Gasteiger charge is 2.20. The van der Waals surface area contributed by atoms with Crippen molar-refractivity contribution in [2.24, 2.45) is 17.5 Å². The standard InChI is InChI=1S/C15H29N7O/c1-7-16-14(18-9-8-17-13(23)15(2,3)4)21(5)10-12-19-11-20-22(12)6/h11H,7-10H2,1-6H3,(H,16,18)(H,17,23). The van der Waals surface area contributed by atoms with Gasteiger partial charge >= 0.3 is 0 Å². The van der Waals surface area contributed by atoms with Crippen LogP contribution in [0.2, 0.25) is 0 Å². The summed E-state index contributed by atoms with van der Waals surface area (Å²) in [4.78, 5) is 22.6. The third kappa shape index (κ3) is 6.25. The maximum absolute atomic E-state index is 11.8. The highest BCUT2D eigenvalue weighted by atomic mass is 16.2. The van der Waals surface area contributed by atoms with Gasteiger partial charge < -0.3 is 15.5 Å². The number of nitrogens with one attached hydrogen (secondary N) is 2. The van der Waals surface area contributed by atoms with E-state index in [4.69, 9.17) is 0 Å². The topological polar surface area (TPSA) is 87.4 Å². The fourth-order valence-corrected chi connectivity index (χ4v) is 1.82. The van der Waals surface area contributed by atoms with Gasteiger partial charge in [-0.1, -0.05) is 20.8 Å². The fraction of sp³-hybridized carbons (Fsp3) is 0.733. The molecular weight excluding hydrogens is 294 g/mol. The van der Waals surface area contributed by atoms with E-state index in [-0.39, 0.29) is 11.3 Å². The first-order valence-corrected chi connectivity index (χ1v) is 7.86. The summed E-state index contributed by atoms with van der Waals surface area (Å²) in [6.45, 7) is 10.1. The molecule has 0 unspecified atom stereocenters. The number of hydrogen-bond acceptors (Lipinski definition) is 4. The molecule has 1 aromatic rings. The molecule has 130 valence electrons. The Kier molecular flexibility index (Phi) is 6.99. The van der Waals surface area contributed by atoms with Crippen LogP contribution in [-0.2, 0) is 18.4 Å². The molecule has 0 fully saturated rings. The van der Waals surface area contributed by atoms with Crippen molar-refractivity contribution in [2.75, 3.05) is 26.7 Å². The van der Waals surface area contributed by atoms with Gasteiger partial charge in [-0.3, -0.25) is 14.5 Å². The number of guanidine groups is 1. The van der Waals surface area contributed by atoms with Crippen molar-refractivity contribution in [3.8, 4) is 0 Å². The van der Waals surface area contributed by atoms with Gasteiger partial charge in [-0.05, 0) is 6.92 Å². The number of aliphatic imine (C=N–C) groups is 1. The summed E-state index contributed by atoms with van der Waals surface area (Å²) >= 11 is 0. The third-order valence-electron chi connectivity index (χ3n) is 3.22. The molecule has 0 aromatic carbocycles. The summed E-state index contributed by atoms with van der Waals surface area (Å²) in [5.74, 6) is 1.67. The molecule has 0 radical (unpaired) electrons. The van der Waals surface area contributed by atoms with Gasteiger partial charge in [-0.15, -0.1) is 0 Å². The molecule has 0 aliphatic carbocycles. The average molecular weight is 323 g/mol. The van der Waals surface area contributed by atoms with Crippen LogP contribution >= 0.6 is 0 Å². The van der Waals surface area contributed by atoms with E-state index in [9.17, 15) is 4.79 Å². The van der Waals surface area contributed by atoms with Gasteiger partial charge in [0, 0.05) is 32.6 Å². The molecule has 0 saturated heterocycles. The highest BCUT2D eigenvalue weighted by molar-refractivity contribution is 5.81. The van der Waals surface area contributed by atoms with Crippen LogP contribution in [-0.4, -0.2) is 58.2 Å². The Labute approximate surface area is 138 Å². The molecule has 8 heteroatoms. The number of carbonyl (C=O) groups excluding carboxylic acids is 1. The summed E-state index contributed by atoms with van der Waals surface area (Å²) in [7, 11) is 3.81. The fourth-order valence-electron chi connectivity index (χ4n) is 1.82. The number of aryl methyl sites for hydroxylation is 1. The minimum atomic E-state index is -0.379. The lowest BCUT2D eigenvalue weighted by molar-refractivity contribution is -0.128. The first kappa shape index (κ1) is 18.9. The molecule has 0 spiro atoms. The first-order chi connectivity index (χ1) is 10.8. The number of amides is 1. The van der Waals surface area contributed by atoms with E-state index >= 15 is 0 Å². The minimum absolute atomic E-state index is 0.0325. The van der Waals surface area contributed by atoms with Gasteiger partial charge in [-0.25, -0.2) is 4.98 Å². The third-order valence-corrected chi connectivity index (χ3v) is 3.22. The molecule has 2 N–H and O–H groups in total. The van der Waals surface area contributed by atoms with Crippen LogP contribution in [0.25, 0.3) is 0 Å². The molecule has 0 saturated carbocycles. The first-order valence-electron chi connectivity index (χ1n) is 7.86. The Hall–Kier alpha value is -2.12. The lowest BCUT2D eigenvalue weighted by Gasteiger charge is -2.21. The summed E-state index contributed by atoms with van der Waals surface area (Å²) in [5, 5.41) is 10.2. The van der Waals surface area contributed by atoms with Gasteiger partial charge in [-0.2, -0.15) is 5.10 Å². The number of hydrogen-bond donors (Lipinski definition) is 2. The zero-order valence-corrected chi connectivity index (χ0v) is 15.1. The largest absolute Gasteiger partial charge is 0.357 e. The minimum Gasteiger partial charge on any atom is -0.357 e. The zero-order valence-electron chi connectivity index (χ0n) is 15.1. The van der Waals surface area contributed by atoms with Crippen LogP contribution in [0.5, 0.6) is 0 Å². The molecule has 1 rings (SSSR count). The average Bonchev–Trinajstić information content (AvgIpc) is 2.86. The number of aromatic nitrogens is 3. The number of nitrogens with zero attached hydrogens (tertiary/aromatic N) is 5. The lowest BCUT2D eigenvalue weighted by Crippen LogP contribution is -2.40. The van der Waals surface area contributed by atoms with E-state index in [2.05, 4.69) is 25.7 Å². The van der Waals surface area contributed by atoms with Crippen molar-refractivity contribution in [2.45, 2.75) is 34.2 Å². The van der Waals surface area contributed by atoms with Crippen LogP contribution in [0.4, 0.5) is 0 Å². The molecule has 0 atom stereocenters. The predicted octanol–water partition coefficient (Wildman–Crippen LogP) is 0.375. The van der Waals surface area contributed by atoms with E-state index in [0.717, 1.165) is 18.3 Å². The molecule has 1 amide bonds. The molecular formula is C15H29N7O. The Balaban J connectivity index is 2.56. The van der Waals surface area contributed by atoms with Crippen molar-refractivity contribution >= 4 is 11.9 Å². The van der Waals surface area contributed by atoms with Crippen LogP contribution in [0.1, 0.15) is 33.5 Å². The van der Waals surface area contributed by atoms with Gasteiger partial charge in [0.15, 0.2) is 5.96 Å². The van der Waals surface area contributed by atoms with Crippen molar-refractivity contribution in [1.82, 2.24) is 30.3 Å². The van der Waals surface area contributed by atoms with E-state index in [1.807, 2.05) is 46.7 Å². The Bertz CT molecular complexity index is 530. The quantitative estimate of drug-likeness (QED) is 0.449. The predicted molar refractivity (Wildman–Crippen MR) is 90.9 cm³/mol. The van der Waals surface area contributed by atoms with Gasteiger partial charge in [0.2, 0.25) is 5.91 Å². The van der Waals surface area contributed by atoms with E-state index in [0.29, 0.717) is 19.6 Å². The lowest BCUT2D eigenvalue weighted by atomic mass is 9.96. The normalized spacial score (nSPS) is 12.2. The number of rotatable bonds is 6. The van der Waals surface area contributed by atoms with Crippen molar-refractivity contribution < 1.29 is 4.79 Å². The second-order valence-corrected chi connectivity index (χ2v) is 6.40. The van der Waals surface area contributed by atoms with Crippen LogP contribution in [0, 0.1) is 5.41 Å². The summed E-state index contributed by atoms with van der Waals surface area (Å²) in [5.41, 5.74) is -0.379. The summed E-state index contributed by atoms with van der Waals surface area (Å²) in [6, 6.07) is 0. The summed E-state index contributed by atoms with van der Waals surface area (Å²) < 4.78 is 1.74. The molecule has 1 heterocycles. The highest BCUT2D eigenvalue weighted by Crippen LogP contribution is 2.11.